The van der Waals surface area contributed by atoms with E-state index in [4.69, 9.17) is 4.74 Å². The number of hydrogen-bond acceptors (Lipinski definition) is 4. The van der Waals surface area contributed by atoms with Crippen molar-refractivity contribution in [1.29, 1.82) is 0 Å². The molecule has 2 unspecified atom stereocenters. The average molecular weight is 274 g/mol. The van der Waals surface area contributed by atoms with E-state index in [0.717, 1.165) is 5.69 Å². The van der Waals surface area contributed by atoms with E-state index in [1.54, 1.807) is 0 Å². The Labute approximate surface area is 120 Å². The van der Waals surface area contributed by atoms with Gasteiger partial charge in [0.15, 0.2) is 0 Å². The third-order valence-electron chi connectivity index (χ3n) is 4.51. The summed E-state index contributed by atoms with van der Waals surface area (Å²) < 4.78 is 4.71. The standard InChI is InChI=1S/C16H22N2O2/c1-20-16(19)12-5-7-13(8-6-12)17-14-9-11-18-10-3-2-4-15(14)18/h5-8,14-15,17H,2-4,9-11H2,1H3. The van der Waals surface area contributed by atoms with E-state index < -0.39 is 0 Å². The first-order chi connectivity index (χ1) is 9.78. The van der Waals surface area contributed by atoms with Gasteiger partial charge in [0.1, 0.15) is 0 Å². The van der Waals surface area contributed by atoms with Crippen LogP contribution in [0.5, 0.6) is 0 Å². The van der Waals surface area contributed by atoms with E-state index in [9.17, 15) is 4.79 Å². The Morgan fingerprint density at radius 3 is 2.75 bits per heavy atom. The lowest BCUT2D eigenvalue weighted by Gasteiger charge is -2.33. The monoisotopic (exact) mass is 274 g/mol. The Hall–Kier alpha value is -1.55. The van der Waals surface area contributed by atoms with Gasteiger partial charge in [-0.2, -0.15) is 0 Å². The summed E-state index contributed by atoms with van der Waals surface area (Å²) in [6.45, 7) is 2.46. The van der Waals surface area contributed by atoms with Crippen LogP contribution < -0.4 is 5.32 Å². The van der Waals surface area contributed by atoms with Crippen LogP contribution in [0.3, 0.4) is 0 Å². The van der Waals surface area contributed by atoms with Crippen molar-refractivity contribution in [3.05, 3.63) is 29.8 Å². The summed E-state index contributed by atoms with van der Waals surface area (Å²) >= 11 is 0. The zero-order chi connectivity index (χ0) is 13.9. The van der Waals surface area contributed by atoms with E-state index in [2.05, 4.69) is 10.2 Å². The Balaban J connectivity index is 1.64. The SMILES string of the molecule is COC(=O)c1ccc(NC2CCN3CCCCC23)cc1. The summed E-state index contributed by atoms with van der Waals surface area (Å²) in [7, 11) is 1.41. The predicted molar refractivity (Wildman–Crippen MR) is 79.0 cm³/mol. The Morgan fingerprint density at radius 2 is 2.00 bits per heavy atom. The average Bonchev–Trinajstić information content (AvgIpc) is 2.91. The molecule has 2 saturated heterocycles. The third kappa shape index (κ3) is 2.66. The van der Waals surface area contributed by atoms with Crippen molar-refractivity contribution in [1.82, 2.24) is 4.90 Å². The molecule has 1 N–H and O–H groups in total. The lowest BCUT2D eigenvalue weighted by molar-refractivity contribution is 0.0601. The maximum atomic E-state index is 11.4. The summed E-state index contributed by atoms with van der Waals surface area (Å²) in [5, 5.41) is 3.63. The lowest BCUT2D eigenvalue weighted by atomic mass is 9.99. The fourth-order valence-electron chi connectivity index (χ4n) is 3.45. The number of methoxy groups -OCH3 is 1. The van der Waals surface area contributed by atoms with Gasteiger partial charge in [0, 0.05) is 24.3 Å². The summed E-state index contributed by atoms with van der Waals surface area (Å²) in [4.78, 5) is 14.0. The number of anilines is 1. The normalized spacial score (nSPS) is 26.1. The number of piperidine rings is 1. The first-order valence-corrected chi connectivity index (χ1v) is 7.47. The zero-order valence-electron chi connectivity index (χ0n) is 12.0. The molecule has 0 amide bonds. The molecule has 2 aliphatic heterocycles. The molecule has 4 nitrogen and oxygen atoms in total. The van der Waals surface area contributed by atoms with Crippen molar-refractivity contribution in [3.63, 3.8) is 0 Å². The highest BCUT2D eigenvalue weighted by Gasteiger charge is 2.35. The van der Waals surface area contributed by atoms with Crippen LogP contribution in [-0.4, -0.2) is 43.2 Å². The van der Waals surface area contributed by atoms with Crippen LogP contribution in [0.15, 0.2) is 24.3 Å². The molecule has 0 spiro atoms. The largest absolute Gasteiger partial charge is 0.465 e. The summed E-state index contributed by atoms with van der Waals surface area (Å²) in [5.41, 5.74) is 1.69. The van der Waals surface area contributed by atoms with Crippen LogP contribution >= 0.6 is 0 Å². The van der Waals surface area contributed by atoms with Gasteiger partial charge < -0.3 is 10.1 Å². The molecule has 4 heteroatoms. The van der Waals surface area contributed by atoms with E-state index >= 15 is 0 Å². The topological polar surface area (TPSA) is 41.6 Å². The van der Waals surface area contributed by atoms with Crippen molar-refractivity contribution in [3.8, 4) is 0 Å². The second kappa shape index (κ2) is 5.83. The molecule has 108 valence electrons. The van der Waals surface area contributed by atoms with Crippen molar-refractivity contribution >= 4 is 11.7 Å². The van der Waals surface area contributed by atoms with Crippen molar-refractivity contribution < 1.29 is 9.53 Å². The summed E-state index contributed by atoms with van der Waals surface area (Å²) in [6.07, 6.45) is 5.21. The van der Waals surface area contributed by atoms with Gasteiger partial charge in [0.2, 0.25) is 0 Å². The maximum absolute atomic E-state index is 11.4. The number of nitrogens with zero attached hydrogens (tertiary/aromatic N) is 1. The smallest absolute Gasteiger partial charge is 0.337 e. The fourth-order valence-corrected chi connectivity index (χ4v) is 3.45. The molecule has 2 heterocycles. The number of carbonyl (C=O) groups is 1. The number of hydrogen-bond donors (Lipinski definition) is 1. The Bertz CT molecular complexity index is 472. The molecule has 2 atom stereocenters. The summed E-state index contributed by atoms with van der Waals surface area (Å²) in [5.74, 6) is -0.282. The molecule has 0 aromatic heterocycles. The minimum Gasteiger partial charge on any atom is -0.465 e. The van der Waals surface area contributed by atoms with Crippen LogP contribution in [-0.2, 0) is 4.74 Å². The van der Waals surface area contributed by atoms with E-state index in [-0.39, 0.29) is 5.97 Å². The predicted octanol–water partition coefficient (Wildman–Crippen LogP) is 2.51. The van der Waals surface area contributed by atoms with Crippen LogP contribution in [0.25, 0.3) is 0 Å². The van der Waals surface area contributed by atoms with Crippen LogP contribution in [0.4, 0.5) is 5.69 Å². The Kier molecular flexibility index (Phi) is 3.92. The second-order valence-electron chi connectivity index (χ2n) is 5.71. The van der Waals surface area contributed by atoms with E-state index in [1.165, 1.54) is 45.9 Å². The quantitative estimate of drug-likeness (QED) is 0.860. The molecule has 0 saturated carbocycles. The first kappa shape index (κ1) is 13.4. The van der Waals surface area contributed by atoms with Gasteiger partial charge in [0.05, 0.1) is 12.7 Å². The highest BCUT2D eigenvalue weighted by molar-refractivity contribution is 5.89. The van der Waals surface area contributed by atoms with Gasteiger partial charge in [-0.3, -0.25) is 4.90 Å². The number of ether oxygens (including phenoxy) is 1. The van der Waals surface area contributed by atoms with Crippen LogP contribution in [0.2, 0.25) is 0 Å². The number of fused-ring (bicyclic) bond motifs is 1. The third-order valence-corrected chi connectivity index (χ3v) is 4.51. The molecule has 0 radical (unpaired) electrons. The molecule has 0 bridgehead atoms. The summed E-state index contributed by atoms with van der Waals surface area (Å²) in [6, 6.07) is 8.81. The van der Waals surface area contributed by atoms with Gasteiger partial charge in [-0.25, -0.2) is 4.79 Å². The van der Waals surface area contributed by atoms with Crippen LogP contribution in [0.1, 0.15) is 36.0 Å². The molecular weight excluding hydrogens is 252 g/mol. The Morgan fingerprint density at radius 1 is 1.20 bits per heavy atom. The highest BCUT2D eigenvalue weighted by Crippen LogP contribution is 2.29. The highest BCUT2D eigenvalue weighted by atomic mass is 16.5. The second-order valence-corrected chi connectivity index (χ2v) is 5.71. The lowest BCUT2D eigenvalue weighted by Crippen LogP contribution is -2.41. The number of nitrogens with one attached hydrogen (secondary N) is 1. The number of benzene rings is 1. The molecule has 20 heavy (non-hydrogen) atoms. The number of carbonyl (C=O) groups excluding carboxylic acids is 1. The minimum atomic E-state index is -0.282. The van der Waals surface area contributed by atoms with E-state index in [0.29, 0.717) is 17.6 Å². The molecule has 2 fully saturated rings. The van der Waals surface area contributed by atoms with Gasteiger partial charge >= 0.3 is 5.97 Å². The number of esters is 1. The van der Waals surface area contributed by atoms with Crippen LogP contribution in [0, 0.1) is 0 Å². The van der Waals surface area contributed by atoms with Gasteiger partial charge in [-0.15, -0.1) is 0 Å². The van der Waals surface area contributed by atoms with Gasteiger partial charge in [-0.05, 0) is 50.1 Å². The first-order valence-electron chi connectivity index (χ1n) is 7.47. The molecule has 1 aromatic rings. The molecule has 2 aliphatic rings. The van der Waals surface area contributed by atoms with Gasteiger partial charge in [0.25, 0.3) is 0 Å². The molecule has 3 rings (SSSR count). The molecular formula is C16H22N2O2. The zero-order valence-corrected chi connectivity index (χ0v) is 12.0. The maximum Gasteiger partial charge on any atom is 0.337 e. The fraction of sp³-hybridized carbons (Fsp3) is 0.562. The van der Waals surface area contributed by atoms with Crippen molar-refractivity contribution in [2.45, 2.75) is 37.8 Å². The van der Waals surface area contributed by atoms with Crippen molar-refractivity contribution in [2.24, 2.45) is 0 Å². The number of rotatable bonds is 3. The minimum absolute atomic E-state index is 0.282. The van der Waals surface area contributed by atoms with E-state index in [1.807, 2.05) is 24.3 Å². The molecule has 0 aliphatic carbocycles. The molecule has 1 aromatic carbocycles. The van der Waals surface area contributed by atoms with Gasteiger partial charge in [-0.1, -0.05) is 6.42 Å². The van der Waals surface area contributed by atoms with Crippen molar-refractivity contribution in [2.75, 3.05) is 25.5 Å².